The molecule has 0 spiro atoms. The van der Waals surface area contributed by atoms with Crippen LogP contribution in [0.25, 0.3) is 11.0 Å². The lowest BCUT2D eigenvalue weighted by Crippen LogP contribution is -2.24. The van der Waals surface area contributed by atoms with Crippen molar-refractivity contribution in [2.75, 3.05) is 18.6 Å². The van der Waals surface area contributed by atoms with Gasteiger partial charge in [-0.1, -0.05) is 41.9 Å². The van der Waals surface area contributed by atoms with Crippen LogP contribution in [-0.4, -0.2) is 29.1 Å². The number of rotatable bonds is 5. The Bertz CT molecular complexity index is 1270. The lowest BCUT2D eigenvalue weighted by atomic mass is 10.1. The summed E-state index contributed by atoms with van der Waals surface area (Å²) in [5, 5.41) is 0.712. The number of carbonyl (C=O) groups excluding carboxylic acids is 1. The van der Waals surface area contributed by atoms with E-state index in [0.717, 1.165) is 33.9 Å². The Hall–Kier alpha value is -3.31. The van der Waals surface area contributed by atoms with E-state index < -0.39 is 0 Å². The number of anilines is 1. The molecular formula is C25H22ClN3O2. The zero-order valence-corrected chi connectivity index (χ0v) is 17.9. The molecule has 0 saturated carbocycles. The summed E-state index contributed by atoms with van der Waals surface area (Å²) in [7, 11) is 1.63. The summed E-state index contributed by atoms with van der Waals surface area (Å²) in [5.74, 6) is 1.77. The van der Waals surface area contributed by atoms with Gasteiger partial charge in [0.1, 0.15) is 11.6 Å². The Morgan fingerprint density at radius 3 is 2.74 bits per heavy atom. The Morgan fingerprint density at radius 2 is 1.90 bits per heavy atom. The van der Waals surface area contributed by atoms with Crippen molar-refractivity contribution in [3.8, 4) is 5.75 Å². The second-order valence-corrected chi connectivity index (χ2v) is 8.22. The van der Waals surface area contributed by atoms with E-state index in [2.05, 4.69) is 16.7 Å². The van der Waals surface area contributed by atoms with Crippen LogP contribution in [0.5, 0.6) is 5.75 Å². The number of fused-ring (bicyclic) bond motifs is 1. The maximum absolute atomic E-state index is 12.9. The van der Waals surface area contributed by atoms with Gasteiger partial charge in [0, 0.05) is 42.2 Å². The van der Waals surface area contributed by atoms with Gasteiger partial charge in [0.05, 0.1) is 18.1 Å². The number of ether oxygens (including phenoxy) is 1. The molecule has 0 aliphatic carbocycles. The number of nitrogens with zero attached hydrogens (tertiary/aromatic N) is 3. The van der Waals surface area contributed by atoms with Crippen molar-refractivity contribution in [2.24, 2.45) is 0 Å². The van der Waals surface area contributed by atoms with Crippen molar-refractivity contribution in [1.82, 2.24) is 9.55 Å². The van der Waals surface area contributed by atoms with E-state index >= 15 is 0 Å². The molecule has 1 amide bonds. The summed E-state index contributed by atoms with van der Waals surface area (Å²) in [6, 6.07) is 23.6. The van der Waals surface area contributed by atoms with Gasteiger partial charge < -0.3 is 14.2 Å². The third kappa shape index (κ3) is 3.77. The largest absolute Gasteiger partial charge is 0.497 e. The van der Waals surface area contributed by atoms with Gasteiger partial charge in [0.2, 0.25) is 5.91 Å². The third-order valence-electron chi connectivity index (χ3n) is 5.77. The van der Waals surface area contributed by atoms with E-state index in [1.165, 1.54) is 0 Å². The number of benzene rings is 3. The summed E-state index contributed by atoms with van der Waals surface area (Å²) in [5.41, 5.74) is 3.95. The Balaban J connectivity index is 1.52. The van der Waals surface area contributed by atoms with Gasteiger partial charge in [0.25, 0.3) is 0 Å². The van der Waals surface area contributed by atoms with Crippen LogP contribution >= 0.6 is 11.6 Å². The fourth-order valence-electron chi connectivity index (χ4n) is 4.30. The maximum atomic E-state index is 12.9. The monoisotopic (exact) mass is 431 g/mol. The highest BCUT2D eigenvalue weighted by molar-refractivity contribution is 6.30. The van der Waals surface area contributed by atoms with Crippen LogP contribution in [0.3, 0.4) is 0 Å². The summed E-state index contributed by atoms with van der Waals surface area (Å²) >= 11 is 6.21. The molecule has 5 nitrogen and oxygen atoms in total. The Morgan fingerprint density at radius 1 is 1.06 bits per heavy atom. The second-order valence-electron chi connectivity index (χ2n) is 7.78. The van der Waals surface area contributed by atoms with Crippen molar-refractivity contribution in [1.29, 1.82) is 0 Å². The topological polar surface area (TPSA) is 47.4 Å². The summed E-state index contributed by atoms with van der Waals surface area (Å²) in [6.07, 6.45) is 0.427. The van der Waals surface area contributed by atoms with Crippen LogP contribution in [-0.2, 0) is 11.3 Å². The number of imidazole rings is 1. The van der Waals surface area contributed by atoms with E-state index in [-0.39, 0.29) is 11.8 Å². The average Bonchev–Trinajstić information content (AvgIpc) is 3.34. The number of amides is 1. The zero-order chi connectivity index (χ0) is 21.4. The minimum Gasteiger partial charge on any atom is -0.497 e. The molecule has 6 heteroatoms. The average molecular weight is 432 g/mol. The van der Waals surface area contributed by atoms with Crippen molar-refractivity contribution in [2.45, 2.75) is 18.9 Å². The van der Waals surface area contributed by atoms with Crippen molar-refractivity contribution < 1.29 is 9.53 Å². The molecule has 0 unspecified atom stereocenters. The first-order valence-corrected chi connectivity index (χ1v) is 10.6. The Labute approximate surface area is 185 Å². The van der Waals surface area contributed by atoms with Crippen LogP contribution in [0.2, 0.25) is 5.02 Å². The molecular weight excluding hydrogens is 410 g/mol. The highest BCUT2D eigenvalue weighted by Crippen LogP contribution is 2.34. The van der Waals surface area contributed by atoms with Crippen LogP contribution in [0, 0.1) is 0 Å². The molecule has 0 N–H and O–H groups in total. The van der Waals surface area contributed by atoms with Gasteiger partial charge in [-0.2, -0.15) is 0 Å². The first-order valence-electron chi connectivity index (χ1n) is 10.3. The molecule has 1 fully saturated rings. The molecule has 1 aliphatic heterocycles. The first kappa shape index (κ1) is 19.6. The van der Waals surface area contributed by atoms with Gasteiger partial charge in [-0.25, -0.2) is 4.98 Å². The van der Waals surface area contributed by atoms with Crippen LogP contribution < -0.4 is 9.64 Å². The molecule has 2 heterocycles. The number of para-hydroxylation sites is 2. The van der Waals surface area contributed by atoms with Crippen molar-refractivity contribution >= 4 is 34.2 Å². The van der Waals surface area contributed by atoms with Crippen LogP contribution in [0.15, 0.2) is 72.8 Å². The molecule has 1 atom stereocenters. The standard InChI is InChI=1S/C25H22ClN3O2/c1-31-21-9-5-8-20(14-21)28-16-18(13-24(28)30)25-27-22-10-2-3-11-23(22)29(25)15-17-6-4-7-19(26)12-17/h2-12,14,18H,13,15-16H2,1H3/t18-/m0/s1. The molecule has 0 bridgehead atoms. The summed E-state index contributed by atoms with van der Waals surface area (Å²) in [4.78, 5) is 19.7. The van der Waals surface area contributed by atoms with Crippen molar-refractivity contribution in [3.05, 3.63) is 89.2 Å². The summed E-state index contributed by atoms with van der Waals surface area (Å²) in [6.45, 7) is 1.24. The van der Waals surface area contributed by atoms with Crippen molar-refractivity contribution in [3.63, 3.8) is 0 Å². The van der Waals surface area contributed by atoms with E-state index in [4.69, 9.17) is 21.3 Å². The second kappa shape index (κ2) is 8.08. The van der Waals surface area contributed by atoms with Gasteiger partial charge in [0.15, 0.2) is 0 Å². The van der Waals surface area contributed by atoms with Gasteiger partial charge >= 0.3 is 0 Å². The van der Waals surface area contributed by atoms with E-state index in [9.17, 15) is 4.79 Å². The number of hydrogen-bond acceptors (Lipinski definition) is 3. The minimum atomic E-state index is 0.00489. The molecule has 0 radical (unpaired) electrons. The molecule has 5 rings (SSSR count). The fraction of sp³-hybridized carbons (Fsp3) is 0.200. The lowest BCUT2D eigenvalue weighted by Gasteiger charge is -2.18. The smallest absolute Gasteiger partial charge is 0.227 e. The minimum absolute atomic E-state index is 0.00489. The van der Waals surface area contributed by atoms with Gasteiger partial charge in [-0.15, -0.1) is 0 Å². The van der Waals surface area contributed by atoms with E-state index in [0.29, 0.717) is 24.5 Å². The normalized spacial score (nSPS) is 16.3. The summed E-state index contributed by atoms with van der Waals surface area (Å²) < 4.78 is 7.55. The van der Waals surface area contributed by atoms with E-state index in [1.54, 1.807) is 7.11 Å². The predicted molar refractivity (Wildman–Crippen MR) is 123 cm³/mol. The van der Waals surface area contributed by atoms with E-state index in [1.807, 2.05) is 65.6 Å². The first-order chi connectivity index (χ1) is 15.1. The molecule has 31 heavy (non-hydrogen) atoms. The highest BCUT2D eigenvalue weighted by atomic mass is 35.5. The quantitative estimate of drug-likeness (QED) is 0.432. The molecule has 1 aromatic heterocycles. The van der Waals surface area contributed by atoms with Crippen LogP contribution in [0.4, 0.5) is 5.69 Å². The molecule has 4 aromatic rings. The Kier molecular flexibility index (Phi) is 5.12. The van der Waals surface area contributed by atoms with Crippen LogP contribution in [0.1, 0.15) is 23.7 Å². The molecule has 156 valence electrons. The fourth-order valence-corrected chi connectivity index (χ4v) is 4.51. The predicted octanol–water partition coefficient (Wildman–Crippen LogP) is 5.27. The maximum Gasteiger partial charge on any atom is 0.227 e. The highest BCUT2D eigenvalue weighted by Gasteiger charge is 2.35. The molecule has 1 aliphatic rings. The number of carbonyl (C=O) groups is 1. The van der Waals surface area contributed by atoms with Gasteiger partial charge in [-0.05, 0) is 42.0 Å². The number of methoxy groups -OCH3 is 1. The molecule has 3 aromatic carbocycles. The van der Waals surface area contributed by atoms with Gasteiger partial charge in [-0.3, -0.25) is 4.79 Å². The third-order valence-corrected chi connectivity index (χ3v) is 6.00. The molecule has 1 saturated heterocycles. The zero-order valence-electron chi connectivity index (χ0n) is 17.2. The lowest BCUT2D eigenvalue weighted by molar-refractivity contribution is -0.117. The number of aromatic nitrogens is 2. The number of halogens is 1. The SMILES string of the molecule is COc1cccc(N2C[C@@H](c3nc4ccccc4n3Cc3cccc(Cl)c3)CC2=O)c1. The number of hydrogen-bond donors (Lipinski definition) is 0.